The Morgan fingerprint density at radius 2 is 1.58 bits per heavy atom. The average Bonchev–Trinajstić information content (AvgIpc) is 3.09. The highest BCUT2D eigenvalue weighted by Gasteiger charge is 2.27. The maximum absolute atomic E-state index is 13.2. The lowest BCUT2D eigenvalue weighted by atomic mass is 10.1. The van der Waals surface area contributed by atoms with E-state index >= 15 is 0 Å². The zero-order valence-electron chi connectivity index (χ0n) is 17.1. The van der Waals surface area contributed by atoms with Crippen LogP contribution in [0.5, 0.6) is 0 Å². The van der Waals surface area contributed by atoms with Gasteiger partial charge in [-0.1, -0.05) is 42.5 Å². The van der Waals surface area contributed by atoms with E-state index in [2.05, 4.69) is 10.0 Å². The number of benzene rings is 3. The SMILES string of the molecule is CC(=O)Nc1ccc(S(=O)(=O)NC(c2ccccc2)c2nc3ccccc3n2C)cc1. The van der Waals surface area contributed by atoms with E-state index in [1.54, 1.807) is 12.1 Å². The van der Waals surface area contributed by atoms with Crippen molar-refractivity contribution in [3.8, 4) is 0 Å². The summed E-state index contributed by atoms with van der Waals surface area (Å²) in [4.78, 5) is 16.0. The quantitative estimate of drug-likeness (QED) is 0.485. The number of aromatic nitrogens is 2. The van der Waals surface area contributed by atoms with Gasteiger partial charge in [-0.05, 0) is 42.0 Å². The number of anilines is 1. The third kappa shape index (κ3) is 4.35. The van der Waals surface area contributed by atoms with Crippen molar-refractivity contribution >= 4 is 32.7 Å². The van der Waals surface area contributed by atoms with Gasteiger partial charge >= 0.3 is 0 Å². The van der Waals surface area contributed by atoms with Gasteiger partial charge < -0.3 is 9.88 Å². The summed E-state index contributed by atoms with van der Waals surface area (Å²) in [6, 6.07) is 22.4. The fourth-order valence-electron chi connectivity index (χ4n) is 3.48. The van der Waals surface area contributed by atoms with Gasteiger partial charge in [-0.15, -0.1) is 0 Å². The van der Waals surface area contributed by atoms with Gasteiger partial charge in [0.1, 0.15) is 11.9 Å². The average molecular weight is 435 g/mol. The first-order chi connectivity index (χ1) is 14.8. The summed E-state index contributed by atoms with van der Waals surface area (Å²) in [7, 11) is -2.00. The lowest BCUT2D eigenvalue weighted by Gasteiger charge is -2.19. The second kappa shape index (κ2) is 8.33. The van der Waals surface area contributed by atoms with Crippen LogP contribution in [0.25, 0.3) is 11.0 Å². The van der Waals surface area contributed by atoms with Gasteiger partial charge in [-0.3, -0.25) is 4.79 Å². The lowest BCUT2D eigenvalue weighted by molar-refractivity contribution is -0.114. The smallest absolute Gasteiger partial charge is 0.241 e. The molecular formula is C23H22N4O3S. The molecule has 1 amide bonds. The Morgan fingerprint density at radius 3 is 2.23 bits per heavy atom. The first-order valence-corrected chi connectivity index (χ1v) is 11.2. The number of sulfonamides is 1. The van der Waals surface area contributed by atoms with Crippen LogP contribution >= 0.6 is 0 Å². The van der Waals surface area contributed by atoms with E-state index in [0.29, 0.717) is 11.5 Å². The first kappa shape index (κ1) is 20.8. The van der Waals surface area contributed by atoms with Gasteiger partial charge in [0.2, 0.25) is 15.9 Å². The summed E-state index contributed by atoms with van der Waals surface area (Å²) in [5.74, 6) is 0.366. The van der Waals surface area contributed by atoms with Crippen molar-refractivity contribution in [2.75, 3.05) is 5.32 Å². The fourth-order valence-corrected chi connectivity index (χ4v) is 4.66. The van der Waals surface area contributed by atoms with E-state index in [1.165, 1.54) is 19.1 Å². The maximum Gasteiger partial charge on any atom is 0.241 e. The molecule has 7 nitrogen and oxygen atoms in total. The molecule has 0 aliphatic heterocycles. The second-order valence-electron chi connectivity index (χ2n) is 7.19. The van der Waals surface area contributed by atoms with Gasteiger partial charge in [0.05, 0.1) is 15.9 Å². The highest BCUT2D eigenvalue weighted by atomic mass is 32.2. The Kier molecular flexibility index (Phi) is 5.58. The number of nitrogens with one attached hydrogen (secondary N) is 2. The van der Waals surface area contributed by atoms with E-state index in [1.807, 2.05) is 66.2 Å². The summed E-state index contributed by atoms with van der Waals surface area (Å²) in [6.07, 6.45) is 0. The van der Waals surface area contributed by atoms with Crippen molar-refractivity contribution in [3.63, 3.8) is 0 Å². The molecule has 0 aliphatic rings. The monoisotopic (exact) mass is 434 g/mol. The number of fused-ring (bicyclic) bond motifs is 1. The topological polar surface area (TPSA) is 93.1 Å². The molecule has 1 unspecified atom stereocenters. The molecule has 0 aliphatic carbocycles. The van der Waals surface area contributed by atoms with Crippen molar-refractivity contribution in [2.45, 2.75) is 17.9 Å². The van der Waals surface area contributed by atoms with Crippen LogP contribution in [0, 0.1) is 0 Å². The summed E-state index contributed by atoms with van der Waals surface area (Å²) >= 11 is 0. The van der Waals surface area contributed by atoms with Gasteiger partial charge in [-0.25, -0.2) is 13.4 Å². The number of imidazole rings is 1. The number of para-hydroxylation sites is 2. The van der Waals surface area contributed by atoms with Gasteiger partial charge in [0.25, 0.3) is 0 Å². The van der Waals surface area contributed by atoms with Crippen molar-refractivity contribution < 1.29 is 13.2 Å². The van der Waals surface area contributed by atoms with E-state index in [0.717, 1.165) is 16.6 Å². The van der Waals surface area contributed by atoms with Gasteiger partial charge in [0.15, 0.2) is 0 Å². The molecule has 1 aromatic heterocycles. The molecule has 0 saturated heterocycles. The largest absolute Gasteiger partial charge is 0.329 e. The molecule has 4 aromatic rings. The van der Waals surface area contributed by atoms with Gasteiger partial charge in [-0.2, -0.15) is 4.72 Å². The minimum absolute atomic E-state index is 0.0984. The third-order valence-electron chi connectivity index (χ3n) is 4.97. The number of nitrogens with zero attached hydrogens (tertiary/aromatic N) is 2. The van der Waals surface area contributed by atoms with E-state index in [-0.39, 0.29) is 10.8 Å². The lowest BCUT2D eigenvalue weighted by Crippen LogP contribution is -2.31. The van der Waals surface area contributed by atoms with Gasteiger partial charge in [0, 0.05) is 19.7 Å². The maximum atomic E-state index is 13.2. The number of carbonyl (C=O) groups is 1. The molecule has 1 heterocycles. The zero-order chi connectivity index (χ0) is 22.0. The summed E-state index contributed by atoms with van der Waals surface area (Å²) in [5.41, 5.74) is 3.01. The molecular weight excluding hydrogens is 412 g/mol. The molecule has 3 aromatic carbocycles. The van der Waals surface area contributed by atoms with Crippen LogP contribution in [0.4, 0.5) is 5.69 Å². The zero-order valence-corrected chi connectivity index (χ0v) is 17.9. The minimum Gasteiger partial charge on any atom is -0.329 e. The van der Waals surface area contributed by atoms with Crippen molar-refractivity contribution in [1.29, 1.82) is 0 Å². The molecule has 0 fully saturated rings. The Balaban J connectivity index is 1.74. The summed E-state index contributed by atoms with van der Waals surface area (Å²) in [6.45, 7) is 1.40. The highest BCUT2D eigenvalue weighted by molar-refractivity contribution is 7.89. The molecule has 0 saturated carbocycles. The molecule has 8 heteroatoms. The summed E-state index contributed by atoms with van der Waals surface area (Å²) in [5, 5.41) is 2.63. The molecule has 158 valence electrons. The third-order valence-corrected chi connectivity index (χ3v) is 6.41. The molecule has 31 heavy (non-hydrogen) atoms. The number of amides is 1. The molecule has 0 radical (unpaired) electrons. The van der Waals surface area contributed by atoms with E-state index in [9.17, 15) is 13.2 Å². The summed E-state index contributed by atoms with van der Waals surface area (Å²) < 4.78 is 31.1. The number of aryl methyl sites for hydroxylation is 1. The first-order valence-electron chi connectivity index (χ1n) is 9.71. The standard InChI is InChI=1S/C23H22N4O3S/c1-16(28)24-18-12-14-19(15-13-18)31(29,30)26-22(17-8-4-3-5-9-17)23-25-20-10-6-7-11-21(20)27(23)2/h3-15,22,26H,1-2H3,(H,24,28). The van der Waals surface area contributed by atoms with Crippen LogP contribution in [0.15, 0.2) is 83.8 Å². The van der Waals surface area contributed by atoms with Crippen LogP contribution in [0.1, 0.15) is 24.4 Å². The fraction of sp³-hybridized carbons (Fsp3) is 0.130. The number of hydrogen-bond donors (Lipinski definition) is 2. The number of rotatable bonds is 6. The predicted molar refractivity (Wildman–Crippen MR) is 120 cm³/mol. The van der Waals surface area contributed by atoms with E-state index in [4.69, 9.17) is 4.98 Å². The van der Waals surface area contributed by atoms with Crippen LogP contribution in [-0.2, 0) is 21.9 Å². The van der Waals surface area contributed by atoms with Crippen LogP contribution in [0.3, 0.4) is 0 Å². The normalized spacial score (nSPS) is 12.6. The Bertz CT molecular complexity index is 1330. The number of carbonyl (C=O) groups excluding carboxylic acids is 1. The molecule has 1 atom stereocenters. The van der Waals surface area contributed by atoms with Crippen molar-refractivity contribution in [2.24, 2.45) is 7.05 Å². The van der Waals surface area contributed by atoms with Crippen LogP contribution < -0.4 is 10.0 Å². The predicted octanol–water partition coefficient (Wildman–Crippen LogP) is 3.60. The van der Waals surface area contributed by atoms with Crippen LogP contribution in [-0.4, -0.2) is 23.9 Å². The Hall–Kier alpha value is -3.49. The van der Waals surface area contributed by atoms with E-state index < -0.39 is 16.1 Å². The Morgan fingerprint density at radius 1 is 0.935 bits per heavy atom. The molecule has 0 bridgehead atoms. The molecule has 2 N–H and O–H groups in total. The molecule has 0 spiro atoms. The Labute approximate surface area is 180 Å². The second-order valence-corrected chi connectivity index (χ2v) is 8.90. The molecule has 4 rings (SSSR count). The van der Waals surface area contributed by atoms with Crippen molar-refractivity contribution in [1.82, 2.24) is 14.3 Å². The minimum atomic E-state index is -3.87. The van der Waals surface area contributed by atoms with Crippen LogP contribution in [0.2, 0.25) is 0 Å². The number of hydrogen-bond acceptors (Lipinski definition) is 4. The highest BCUT2D eigenvalue weighted by Crippen LogP contribution is 2.27. The van der Waals surface area contributed by atoms with Crippen molar-refractivity contribution in [3.05, 3.63) is 90.3 Å².